The third-order valence-corrected chi connectivity index (χ3v) is 4.83. The van der Waals surface area contributed by atoms with Crippen LogP contribution < -0.4 is 5.32 Å². The minimum Gasteiger partial charge on any atom is -0.467 e. The molecule has 0 spiro atoms. The predicted octanol–water partition coefficient (Wildman–Crippen LogP) is 3.08. The molecule has 3 aromatic rings. The fourth-order valence-electron chi connectivity index (χ4n) is 2.32. The average molecular weight is 392 g/mol. The van der Waals surface area contributed by atoms with E-state index < -0.39 is 0 Å². The molecule has 0 fully saturated rings. The normalized spacial score (nSPS) is 10.8. The number of hydrogen-bond acceptors (Lipinski definition) is 5. The van der Waals surface area contributed by atoms with E-state index in [2.05, 4.69) is 10.3 Å². The van der Waals surface area contributed by atoms with Crippen LogP contribution in [0, 0.1) is 0 Å². The second-order valence-electron chi connectivity index (χ2n) is 5.57. The second kappa shape index (κ2) is 8.93. The van der Waals surface area contributed by atoms with Gasteiger partial charge in [-0.15, -0.1) is 0 Å². The summed E-state index contributed by atoms with van der Waals surface area (Å²) in [5.74, 6) is 0.816. The maximum Gasteiger partial charge on any atom is 0.230 e. The van der Waals surface area contributed by atoms with Crippen molar-refractivity contribution in [2.24, 2.45) is 0 Å². The SMILES string of the molecule is O=C(CSc1nc(CO)cn1Cc1ccc(Cl)cc1)NCc1ccco1. The van der Waals surface area contributed by atoms with E-state index in [0.717, 1.165) is 5.56 Å². The van der Waals surface area contributed by atoms with Crippen molar-refractivity contribution in [2.75, 3.05) is 5.75 Å². The Kier molecular flexibility index (Phi) is 6.38. The maximum absolute atomic E-state index is 12.0. The smallest absolute Gasteiger partial charge is 0.230 e. The summed E-state index contributed by atoms with van der Waals surface area (Å²) < 4.78 is 7.10. The second-order valence-corrected chi connectivity index (χ2v) is 6.95. The van der Waals surface area contributed by atoms with Crippen LogP contribution in [0.3, 0.4) is 0 Å². The van der Waals surface area contributed by atoms with Crippen molar-refractivity contribution in [3.05, 3.63) is 70.9 Å². The Bertz CT molecular complexity index is 847. The Labute approximate surface area is 160 Å². The third-order valence-electron chi connectivity index (χ3n) is 3.59. The molecule has 0 aliphatic rings. The fraction of sp³-hybridized carbons (Fsp3) is 0.222. The molecule has 2 heterocycles. The molecular weight excluding hydrogens is 374 g/mol. The molecule has 0 saturated heterocycles. The highest BCUT2D eigenvalue weighted by Crippen LogP contribution is 2.20. The average Bonchev–Trinajstić information content (AvgIpc) is 3.30. The third kappa shape index (κ3) is 5.14. The van der Waals surface area contributed by atoms with E-state index in [1.165, 1.54) is 11.8 Å². The highest BCUT2D eigenvalue weighted by molar-refractivity contribution is 7.99. The molecule has 0 aliphatic carbocycles. The van der Waals surface area contributed by atoms with Crippen molar-refractivity contribution >= 4 is 29.3 Å². The van der Waals surface area contributed by atoms with Gasteiger partial charge < -0.3 is 19.4 Å². The molecule has 6 nitrogen and oxygen atoms in total. The minimum atomic E-state index is -0.147. The summed E-state index contributed by atoms with van der Waals surface area (Å²) >= 11 is 7.24. The summed E-state index contributed by atoms with van der Waals surface area (Å²) in [4.78, 5) is 16.4. The molecule has 0 unspecified atom stereocenters. The number of rotatable bonds is 8. The summed E-state index contributed by atoms with van der Waals surface area (Å²) in [7, 11) is 0. The fourth-order valence-corrected chi connectivity index (χ4v) is 3.28. The number of benzene rings is 1. The first-order chi connectivity index (χ1) is 12.6. The van der Waals surface area contributed by atoms with Crippen LogP contribution >= 0.6 is 23.4 Å². The molecule has 0 radical (unpaired) electrons. The van der Waals surface area contributed by atoms with Gasteiger partial charge in [0.2, 0.25) is 5.91 Å². The quantitative estimate of drug-likeness (QED) is 0.577. The van der Waals surface area contributed by atoms with Crippen LogP contribution in [0.1, 0.15) is 17.0 Å². The first-order valence-corrected chi connectivity index (χ1v) is 9.33. The summed E-state index contributed by atoms with van der Waals surface area (Å²) in [5, 5.41) is 13.5. The number of imidazole rings is 1. The number of carbonyl (C=O) groups excluding carboxylic acids is 1. The lowest BCUT2D eigenvalue weighted by molar-refractivity contribution is -0.118. The number of nitrogens with one attached hydrogen (secondary N) is 1. The zero-order valence-electron chi connectivity index (χ0n) is 13.9. The first-order valence-electron chi connectivity index (χ1n) is 7.97. The van der Waals surface area contributed by atoms with Crippen LogP contribution in [0.25, 0.3) is 0 Å². The summed E-state index contributed by atoms with van der Waals surface area (Å²) in [6.45, 7) is 0.792. The number of aromatic nitrogens is 2. The van der Waals surface area contributed by atoms with Gasteiger partial charge in [0, 0.05) is 17.8 Å². The monoisotopic (exact) mass is 391 g/mol. The van der Waals surface area contributed by atoms with Crippen LogP contribution in [-0.2, 0) is 24.5 Å². The topological polar surface area (TPSA) is 80.3 Å². The van der Waals surface area contributed by atoms with Gasteiger partial charge in [-0.05, 0) is 29.8 Å². The summed E-state index contributed by atoms with van der Waals surface area (Å²) in [6, 6.07) is 11.1. The Morgan fingerprint density at radius 3 is 2.81 bits per heavy atom. The highest BCUT2D eigenvalue weighted by atomic mass is 35.5. The number of nitrogens with zero attached hydrogens (tertiary/aromatic N) is 2. The van der Waals surface area contributed by atoms with Crippen LogP contribution in [0.2, 0.25) is 5.02 Å². The lowest BCUT2D eigenvalue weighted by atomic mass is 10.2. The Morgan fingerprint density at radius 1 is 1.31 bits per heavy atom. The van der Waals surface area contributed by atoms with E-state index in [-0.39, 0.29) is 18.3 Å². The van der Waals surface area contributed by atoms with Gasteiger partial charge >= 0.3 is 0 Å². The minimum absolute atomic E-state index is 0.113. The van der Waals surface area contributed by atoms with E-state index in [1.54, 1.807) is 24.6 Å². The lowest BCUT2D eigenvalue weighted by Gasteiger charge is -2.08. The van der Waals surface area contributed by atoms with Crippen molar-refractivity contribution in [3.63, 3.8) is 0 Å². The standard InChI is InChI=1S/C18H18ClN3O3S/c19-14-5-3-13(4-6-14)9-22-10-15(11-23)21-18(22)26-12-17(24)20-8-16-2-1-7-25-16/h1-7,10,23H,8-9,11-12H2,(H,20,24). The van der Waals surface area contributed by atoms with Crippen LogP contribution in [-0.4, -0.2) is 26.3 Å². The van der Waals surface area contributed by atoms with E-state index in [4.69, 9.17) is 16.0 Å². The number of carbonyl (C=O) groups is 1. The first kappa shape index (κ1) is 18.6. The molecule has 1 amide bonds. The van der Waals surface area contributed by atoms with Crippen molar-refractivity contribution in [2.45, 2.75) is 24.9 Å². The molecule has 0 saturated carbocycles. The van der Waals surface area contributed by atoms with Crippen molar-refractivity contribution in [3.8, 4) is 0 Å². The highest BCUT2D eigenvalue weighted by Gasteiger charge is 2.11. The summed E-state index contributed by atoms with van der Waals surface area (Å²) in [5.41, 5.74) is 1.62. The van der Waals surface area contributed by atoms with Gasteiger partial charge in [0.05, 0.1) is 30.9 Å². The largest absolute Gasteiger partial charge is 0.467 e. The lowest BCUT2D eigenvalue weighted by Crippen LogP contribution is -2.24. The van der Waals surface area contributed by atoms with Crippen molar-refractivity contribution < 1.29 is 14.3 Å². The maximum atomic E-state index is 12.0. The molecule has 0 atom stereocenters. The number of hydrogen-bond donors (Lipinski definition) is 2. The number of aliphatic hydroxyl groups is 1. The molecule has 8 heteroatoms. The summed E-state index contributed by atoms with van der Waals surface area (Å²) in [6.07, 6.45) is 3.36. The van der Waals surface area contributed by atoms with E-state index in [0.29, 0.717) is 34.7 Å². The van der Waals surface area contributed by atoms with Gasteiger partial charge in [0.15, 0.2) is 5.16 Å². The molecule has 0 bridgehead atoms. The molecule has 2 aromatic heterocycles. The Balaban J connectivity index is 1.60. The number of aliphatic hydroxyl groups excluding tert-OH is 1. The molecule has 0 aliphatic heterocycles. The zero-order chi connectivity index (χ0) is 18.4. The van der Waals surface area contributed by atoms with E-state index in [1.807, 2.05) is 28.8 Å². The van der Waals surface area contributed by atoms with Gasteiger partial charge in [-0.3, -0.25) is 4.79 Å². The molecule has 2 N–H and O–H groups in total. The zero-order valence-corrected chi connectivity index (χ0v) is 15.5. The number of thioether (sulfide) groups is 1. The molecular formula is C18H18ClN3O3S. The Hall–Kier alpha value is -2.22. The molecule has 26 heavy (non-hydrogen) atoms. The van der Waals surface area contributed by atoms with Crippen molar-refractivity contribution in [1.82, 2.24) is 14.9 Å². The van der Waals surface area contributed by atoms with Gasteiger partial charge in [-0.1, -0.05) is 35.5 Å². The van der Waals surface area contributed by atoms with E-state index >= 15 is 0 Å². The Morgan fingerprint density at radius 2 is 2.12 bits per heavy atom. The predicted molar refractivity (Wildman–Crippen MR) is 100.0 cm³/mol. The van der Waals surface area contributed by atoms with Gasteiger partial charge in [-0.25, -0.2) is 4.98 Å². The van der Waals surface area contributed by atoms with Crippen LogP contribution in [0.15, 0.2) is 58.4 Å². The van der Waals surface area contributed by atoms with Crippen LogP contribution in [0.4, 0.5) is 0 Å². The number of amides is 1. The van der Waals surface area contributed by atoms with Crippen LogP contribution in [0.5, 0.6) is 0 Å². The van der Waals surface area contributed by atoms with Gasteiger partial charge in [0.25, 0.3) is 0 Å². The molecule has 3 rings (SSSR count). The van der Waals surface area contributed by atoms with Gasteiger partial charge in [-0.2, -0.15) is 0 Å². The van der Waals surface area contributed by atoms with Gasteiger partial charge in [0.1, 0.15) is 5.76 Å². The van der Waals surface area contributed by atoms with E-state index in [9.17, 15) is 9.90 Å². The number of furan rings is 1. The molecule has 1 aromatic carbocycles. The van der Waals surface area contributed by atoms with Crippen molar-refractivity contribution in [1.29, 1.82) is 0 Å². The molecule has 136 valence electrons. The number of halogens is 1.